The van der Waals surface area contributed by atoms with Crippen LogP contribution in [0.4, 0.5) is 4.79 Å². The molecule has 0 spiro atoms. The fraction of sp³-hybridized carbons (Fsp3) is 0.412. The van der Waals surface area contributed by atoms with Crippen molar-refractivity contribution in [3.63, 3.8) is 0 Å². The van der Waals surface area contributed by atoms with Gasteiger partial charge in [-0.15, -0.1) is 0 Å². The molecule has 2 aliphatic rings. The molecule has 2 aliphatic heterocycles. The molecular formula is C17H19N3O4. The maximum Gasteiger partial charge on any atom is 0.407 e. The van der Waals surface area contributed by atoms with E-state index in [1.165, 1.54) is 4.90 Å². The van der Waals surface area contributed by atoms with E-state index in [4.69, 9.17) is 9.84 Å². The molecule has 4 rings (SSSR count). The Hall–Kier alpha value is -2.70. The minimum Gasteiger partial charge on any atom is -0.490 e. The molecule has 2 amide bonds. The Balaban J connectivity index is 1.52. The Kier molecular flexibility index (Phi) is 3.55. The molecule has 1 fully saturated rings. The largest absolute Gasteiger partial charge is 0.490 e. The highest BCUT2D eigenvalue weighted by Crippen LogP contribution is 2.27. The van der Waals surface area contributed by atoms with Gasteiger partial charge in [0.05, 0.1) is 0 Å². The fourth-order valence-electron chi connectivity index (χ4n) is 3.48. The highest BCUT2D eigenvalue weighted by Gasteiger charge is 2.24. The normalized spacial score (nSPS) is 18.3. The summed E-state index contributed by atoms with van der Waals surface area (Å²) in [6.45, 7) is 2.43. The maximum absolute atomic E-state index is 11.9. The monoisotopic (exact) mass is 329 g/mol. The molecule has 0 unspecified atom stereocenters. The average molecular weight is 329 g/mol. The van der Waals surface area contributed by atoms with Crippen LogP contribution in [-0.2, 0) is 6.54 Å². The van der Waals surface area contributed by atoms with Crippen molar-refractivity contribution in [3.8, 4) is 5.75 Å². The van der Waals surface area contributed by atoms with Gasteiger partial charge in [0.1, 0.15) is 17.5 Å². The minimum absolute atomic E-state index is 0.0265. The van der Waals surface area contributed by atoms with Crippen molar-refractivity contribution in [2.45, 2.75) is 25.5 Å². The maximum atomic E-state index is 11.9. The van der Waals surface area contributed by atoms with Gasteiger partial charge in [-0.05, 0) is 24.3 Å². The molecule has 7 heteroatoms. The summed E-state index contributed by atoms with van der Waals surface area (Å²) in [4.78, 5) is 24.3. The van der Waals surface area contributed by atoms with Crippen LogP contribution in [-0.4, -0.2) is 52.3 Å². The number of likely N-dealkylation sites (tertiary alicyclic amines) is 1. The van der Waals surface area contributed by atoms with E-state index < -0.39 is 6.09 Å². The number of rotatable bonds is 2. The number of piperidine rings is 1. The third kappa shape index (κ3) is 2.55. The molecule has 0 atom stereocenters. The number of hydrogen-bond donors (Lipinski definition) is 2. The Morgan fingerprint density at radius 1 is 1.21 bits per heavy atom. The van der Waals surface area contributed by atoms with Gasteiger partial charge in [-0.3, -0.25) is 4.79 Å². The number of carbonyl (C=O) groups excluding carboxylic acids is 1. The van der Waals surface area contributed by atoms with E-state index >= 15 is 0 Å². The second-order valence-corrected chi connectivity index (χ2v) is 6.24. The smallest absolute Gasteiger partial charge is 0.407 e. The lowest BCUT2D eigenvalue weighted by Crippen LogP contribution is -2.41. The number of hydrogen-bond acceptors (Lipinski definition) is 3. The molecule has 3 heterocycles. The summed E-state index contributed by atoms with van der Waals surface area (Å²) < 4.78 is 8.05. The van der Waals surface area contributed by atoms with Crippen LogP contribution in [0, 0.1) is 0 Å². The van der Waals surface area contributed by atoms with E-state index in [-0.39, 0.29) is 12.0 Å². The van der Waals surface area contributed by atoms with E-state index in [1.54, 1.807) is 0 Å². The first-order valence-corrected chi connectivity index (χ1v) is 8.18. The summed E-state index contributed by atoms with van der Waals surface area (Å²) in [6.07, 6.45) is 0.545. The van der Waals surface area contributed by atoms with Gasteiger partial charge in [-0.1, -0.05) is 0 Å². The van der Waals surface area contributed by atoms with E-state index in [0.717, 1.165) is 23.2 Å². The third-order valence-corrected chi connectivity index (χ3v) is 4.74. The van der Waals surface area contributed by atoms with Crippen LogP contribution in [0.5, 0.6) is 5.75 Å². The number of aromatic nitrogens is 1. The predicted molar refractivity (Wildman–Crippen MR) is 87.5 cm³/mol. The zero-order valence-corrected chi connectivity index (χ0v) is 13.2. The number of ether oxygens (including phenoxy) is 1. The number of nitrogens with one attached hydrogen (secondary N) is 1. The number of fused-ring (bicyclic) bond motifs is 3. The van der Waals surface area contributed by atoms with E-state index in [0.29, 0.717) is 38.2 Å². The molecule has 1 aromatic carbocycles. The van der Waals surface area contributed by atoms with Crippen molar-refractivity contribution in [1.29, 1.82) is 0 Å². The second-order valence-electron chi connectivity index (χ2n) is 6.24. The first-order valence-electron chi connectivity index (χ1n) is 8.18. The van der Waals surface area contributed by atoms with E-state index in [1.807, 2.05) is 28.8 Å². The molecule has 0 saturated carbocycles. The molecule has 2 aromatic rings. The second kappa shape index (κ2) is 5.74. The van der Waals surface area contributed by atoms with Gasteiger partial charge in [0, 0.05) is 49.9 Å². The van der Waals surface area contributed by atoms with Crippen LogP contribution < -0.4 is 10.1 Å². The number of carbonyl (C=O) groups is 2. The Morgan fingerprint density at radius 2 is 2.00 bits per heavy atom. The summed E-state index contributed by atoms with van der Waals surface area (Å²) >= 11 is 0. The Morgan fingerprint density at radius 3 is 2.75 bits per heavy atom. The van der Waals surface area contributed by atoms with Gasteiger partial charge in [-0.25, -0.2) is 4.79 Å². The lowest BCUT2D eigenvalue weighted by atomic mass is 10.1. The summed E-state index contributed by atoms with van der Waals surface area (Å²) in [5, 5.41) is 12.8. The number of nitrogens with zero attached hydrogens (tertiary/aromatic N) is 2. The molecule has 24 heavy (non-hydrogen) atoms. The molecule has 2 N–H and O–H groups in total. The molecule has 7 nitrogen and oxygen atoms in total. The van der Waals surface area contributed by atoms with Crippen molar-refractivity contribution < 1.29 is 19.4 Å². The molecule has 0 radical (unpaired) electrons. The highest BCUT2D eigenvalue weighted by molar-refractivity contribution is 5.99. The van der Waals surface area contributed by atoms with Crippen LogP contribution in [0.3, 0.4) is 0 Å². The van der Waals surface area contributed by atoms with Crippen LogP contribution in [0.1, 0.15) is 23.3 Å². The Bertz CT molecular complexity index is 806. The van der Waals surface area contributed by atoms with Gasteiger partial charge in [-0.2, -0.15) is 0 Å². The predicted octanol–water partition coefficient (Wildman–Crippen LogP) is 1.91. The van der Waals surface area contributed by atoms with Crippen molar-refractivity contribution >= 4 is 22.9 Å². The number of amides is 2. The van der Waals surface area contributed by atoms with Crippen LogP contribution in [0.15, 0.2) is 24.3 Å². The molecular weight excluding hydrogens is 310 g/mol. The number of carboxylic acid groups (broad SMARTS) is 1. The SMILES string of the molecule is O=C1NCCn2c1cc1cc(OC3CCN(C(=O)O)CC3)ccc12. The highest BCUT2D eigenvalue weighted by atomic mass is 16.5. The first kappa shape index (κ1) is 14.9. The zero-order chi connectivity index (χ0) is 16.7. The average Bonchev–Trinajstić information content (AvgIpc) is 2.95. The first-order chi connectivity index (χ1) is 11.6. The van der Waals surface area contributed by atoms with Gasteiger partial charge in [0.25, 0.3) is 5.91 Å². The van der Waals surface area contributed by atoms with Crippen LogP contribution in [0.25, 0.3) is 10.9 Å². The van der Waals surface area contributed by atoms with Gasteiger partial charge < -0.3 is 24.6 Å². The quantitative estimate of drug-likeness (QED) is 0.881. The molecule has 1 aromatic heterocycles. The Labute approximate surface area is 138 Å². The summed E-state index contributed by atoms with van der Waals surface area (Å²) in [6, 6.07) is 7.76. The van der Waals surface area contributed by atoms with Crippen molar-refractivity contribution in [2.24, 2.45) is 0 Å². The fourth-order valence-corrected chi connectivity index (χ4v) is 3.48. The van der Waals surface area contributed by atoms with E-state index in [2.05, 4.69) is 5.32 Å². The molecule has 126 valence electrons. The lowest BCUT2D eigenvalue weighted by molar-refractivity contribution is 0.0894. The van der Waals surface area contributed by atoms with Crippen molar-refractivity contribution in [3.05, 3.63) is 30.0 Å². The number of benzene rings is 1. The summed E-state index contributed by atoms with van der Waals surface area (Å²) in [5.41, 5.74) is 1.72. The zero-order valence-electron chi connectivity index (χ0n) is 13.2. The van der Waals surface area contributed by atoms with Crippen molar-refractivity contribution in [1.82, 2.24) is 14.8 Å². The lowest BCUT2D eigenvalue weighted by Gasteiger charge is -2.30. The molecule has 0 bridgehead atoms. The van der Waals surface area contributed by atoms with Gasteiger partial charge in [0.2, 0.25) is 0 Å². The summed E-state index contributed by atoms with van der Waals surface area (Å²) in [7, 11) is 0. The van der Waals surface area contributed by atoms with E-state index in [9.17, 15) is 9.59 Å². The molecule has 1 saturated heterocycles. The van der Waals surface area contributed by atoms with Crippen molar-refractivity contribution in [2.75, 3.05) is 19.6 Å². The minimum atomic E-state index is -0.868. The van der Waals surface area contributed by atoms with Crippen LogP contribution >= 0.6 is 0 Å². The van der Waals surface area contributed by atoms with Gasteiger partial charge in [0.15, 0.2) is 0 Å². The summed E-state index contributed by atoms with van der Waals surface area (Å²) in [5.74, 6) is 0.723. The molecule has 0 aliphatic carbocycles. The van der Waals surface area contributed by atoms with Gasteiger partial charge >= 0.3 is 6.09 Å². The topological polar surface area (TPSA) is 83.8 Å². The standard InChI is InChI=1S/C17H19N3O4/c21-16-15-10-11-9-13(1-2-14(11)20(15)8-5-18-16)24-12-3-6-19(7-4-12)17(22)23/h1-2,9-10,12H,3-8H2,(H,18,21)(H,22,23). The van der Waals surface area contributed by atoms with Crippen LogP contribution in [0.2, 0.25) is 0 Å². The third-order valence-electron chi connectivity index (χ3n) is 4.74.